The number of pyridine rings is 1. The van der Waals surface area contributed by atoms with Gasteiger partial charge in [0.05, 0.1) is 24.2 Å². The summed E-state index contributed by atoms with van der Waals surface area (Å²) in [7, 11) is 1.59. The van der Waals surface area contributed by atoms with Crippen LogP contribution in [0.1, 0.15) is 16.1 Å². The van der Waals surface area contributed by atoms with E-state index in [2.05, 4.69) is 15.5 Å². The van der Waals surface area contributed by atoms with Gasteiger partial charge in [0.2, 0.25) is 0 Å². The van der Waals surface area contributed by atoms with E-state index in [0.29, 0.717) is 22.2 Å². The standard InChI is InChI=1S/C17H13Cl2N3O3/c1-24-15-5-3-2-4-12(15)14-7-11(25-22-14)9-21-17(23)13-6-10(18)8-20-16(13)19/h2-8H,9H2,1H3,(H,21,23). The van der Waals surface area contributed by atoms with Crippen LogP contribution in [0.3, 0.4) is 0 Å². The van der Waals surface area contributed by atoms with Gasteiger partial charge in [-0.25, -0.2) is 4.98 Å². The number of hydrogen-bond donors (Lipinski definition) is 1. The minimum atomic E-state index is -0.407. The SMILES string of the molecule is COc1ccccc1-c1cc(CNC(=O)c2cc(Cl)cnc2Cl)on1. The minimum absolute atomic E-state index is 0.0779. The van der Waals surface area contributed by atoms with Crippen LogP contribution in [0, 0.1) is 0 Å². The second-order valence-corrected chi connectivity index (χ2v) is 5.85. The fourth-order valence-corrected chi connectivity index (χ4v) is 2.57. The normalized spacial score (nSPS) is 10.5. The third-order valence-corrected chi connectivity index (χ3v) is 3.92. The fraction of sp³-hybridized carbons (Fsp3) is 0.118. The number of rotatable bonds is 5. The highest BCUT2D eigenvalue weighted by molar-refractivity contribution is 6.34. The molecule has 0 spiro atoms. The summed E-state index contributed by atoms with van der Waals surface area (Å²) in [4.78, 5) is 16.0. The Balaban J connectivity index is 1.72. The average molecular weight is 378 g/mol. The van der Waals surface area contributed by atoms with Crippen molar-refractivity contribution in [3.8, 4) is 17.0 Å². The van der Waals surface area contributed by atoms with Gasteiger partial charge in [0.1, 0.15) is 16.6 Å². The Bertz CT molecular complexity index is 912. The van der Waals surface area contributed by atoms with Gasteiger partial charge in [0.25, 0.3) is 5.91 Å². The van der Waals surface area contributed by atoms with E-state index in [4.69, 9.17) is 32.5 Å². The topological polar surface area (TPSA) is 77.2 Å². The summed E-state index contributed by atoms with van der Waals surface area (Å²) in [6.07, 6.45) is 1.37. The summed E-state index contributed by atoms with van der Waals surface area (Å²) in [5.74, 6) is 0.763. The molecule has 3 rings (SSSR count). The molecule has 0 unspecified atom stereocenters. The molecule has 0 saturated heterocycles. The largest absolute Gasteiger partial charge is 0.496 e. The van der Waals surface area contributed by atoms with E-state index >= 15 is 0 Å². The minimum Gasteiger partial charge on any atom is -0.496 e. The van der Waals surface area contributed by atoms with Gasteiger partial charge in [-0.15, -0.1) is 0 Å². The van der Waals surface area contributed by atoms with Crippen LogP contribution in [-0.4, -0.2) is 23.2 Å². The Morgan fingerprint density at radius 3 is 2.88 bits per heavy atom. The molecule has 0 atom stereocenters. The number of hydrogen-bond acceptors (Lipinski definition) is 5. The van der Waals surface area contributed by atoms with Crippen molar-refractivity contribution in [3.63, 3.8) is 0 Å². The first kappa shape index (κ1) is 17.3. The Kier molecular flexibility index (Phi) is 5.21. The van der Waals surface area contributed by atoms with Crippen LogP contribution < -0.4 is 10.1 Å². The maximum Gasteiger partial charge on any atom is 0.254 e. The summed E-state index contributed by atoms with van der Waals surface area (Å²) in [6, 6.07) is 10.6. The van der Waals surface area contributed by atoms with E-state index in [-0.39, 0.29) is 17.3 Å². The lowest BCUT2D eigenvalue weighted by molar-refractivity contribution is 0.0947. The highest BCUT2D eigenvalue weighted by Gasteiger charge is 2.15. The van der Waals surface area contributed by atoms with Crippen molar-refractivity contribution in [2.75, 3.05) is 7.11 Å². The van der Waals surface area contributed by atoms with Crippen molar-refractivity contribution in [1.82, 2.24) is 15.5 Å². The molecule has 2 aromatic heterocycles. The van der Waals surface area contributed by atoms with Crippen LogP contribution >= 0.6 is 23.2 Å². The summed E-state index contributed by atoms with van der Waals surface area (Å²) < 4.78 is 10.6. The molecule has 0 fully saturated rings. The Morgan fingerprint density at radius 2 is 2.08 bits per heavy atom. The first-order chi connectivity index (χ1) is 12.1. The summed E-state index contributed by atoms with van der Waals surface area (Å²) in [5, 5.41) is 7.11. The van der Waals surface area contributed by atoms with Crippen LogP contribution in [0.4, 0.5) is 0 Å². The second kappa shape index (κ2) is 7.55. The van der Waals surface area contributed by atoms with Crippen LogP contribution in [0.2, 0.25) is 10.2 Å². The van der Waals surface area contributed by atoms with Crippen molar-refractivity contribution >= 4 is 29.1 Å². The van der Waals surface area contributed by atoms with Crippen molar-refractivity contribution < 1.29 is 14.1 Å². The molecule has 2 heterocycles. The first-order valence-electron chi connectivity index (χ1n) is 7.26. The predicted octanol–water partition coefficient (Wildman–Crippen LogP) is 3.98. The molecule has 25 heavy (non-hydrogen) atoms. The third-order valence-electron chi connectivity index (χ3n) is 3.42. The molecule has 0 bridgehead atoms. The van der Waals surface area contributed by atoms with Crippen molar-refractivity contribution in [2.24, 2.45) is 0 Å². The number of benzene rings is 1. The molecule has 0 saturated carbocycles. The van der Waals surface area contributed by atoms with Gasteiger partial charge in [-0.3, -0.25) is 4.79 Å². The lowest BCUT2D eigenvalue weighted by Gasteiger charge is -2.05. The molecule has 1 aromatic carbocycles. The molecular weight excluding hydrogens is 365 g/mol. The first-order valence-corrected chi connectivity index (χ1v) is 8.02. The average Bonchev–Trinajstić information content (AvgIpc) is 3.10. The van der Waals surface area contributed by atoms with Crippen LogP contribution in [0.25, 0.3) is 11.3 Å². The predicted molar refractivity (Wildman–Crippen MR) is 93.9 cm³/mol. The number of carbonyl (C=O) groups excluding carboxylic acids is 1. The molecular formula is C17H13Cl2N3O3. The fourth-order valence-electron chi connectivity index (χ4n) is 2.22. The summed E-state index contributed by atoms with van der Waals surface area (Å²) in [5.41, 5.74) is 1.61. The van der Waals surface area contributed by atoms with Gasteiger partial charge < -0.3 is 14.6 Å². The Hall–Kier alpha value is -2.57. The van der Waals surface area contributed by atoms with E-state index in [9.17, 15) is 4.79 Å². The number of aromatic nitrogens is 2. The van der Waals surface area contributed by atoms with Gasteiger partial charge in [0, 0.05) is 17.8 Å². The number of halogens is 2. The molecule has 128 valence electrons. The molecule has 0 aliphatic heterocycles. The van der Waals surface area contributed by atoms with E-state index in [1.54, 1.807) is 13.2 Å². The summed E-state index contributed by atoms with van der Waals surface area (Å²) >= 11 is 11.7. The zero-order valence-electron chi connectivity index (χ0n) is 13.1. The van der Waals surface area contributed by atoms with Gasteiger partial charge in [-0.05, 0) is 18.2 Å². The van der Waals surface area contributed by atoms with Crippen molar-refractivity contribution in [2.45, 2.75) is 6.54 Å². The monoisotopic (exact) mass is 377 g/mol. The smallest absolute Gasteiger partial charge is 0.254 e. The second-order valence-electron chi connectivity index (χ2n) is 5.05. The van der Waals surface area contributed by atoms with Gasteiger partial charge in [-0.1, -0.05) is 40.5 Å². The Morgan fingerprint density at radius 1 is 1.28 bits per heavy atom. The molecule has 6 nitrogen and oxygen atoms in total. The molecule has 1 amide bonds. The molecule has 1 N–H and O–H groups in total. The van der Waals surface area contributed by atoms with E-state index in [0.717, 1.165) is 5.56 Å². The number of methoxy groups -OCH3 is 1. The van der Waals surface area contributed by atoms with Gasteiger partial charge in [-0.2, -0.15) is 0 Å². The van der Waals surface area contributed by atoms with Gasteiger partial charge in [0.15, 0.2) is 5.76 Å². The molecule has 0 aliphatic rings. The van der Waals surface area contributed by atoms with Crippen molar-refractivity contribution in [1.29, 1.82) is 0 Å². The zero-order chi connectivity index (χ0) is 17.8. The number of nitrogens with one attached hydrogen (secondary N) is 1. The quantitative estimate of drug-likeness (QED) is 0.680. The van der Waals surface area contributed by atoms with Gasteiger partial charge >= 0.3 is 0 Å². The maximum absolute atomic E-state index is 12.2. The van der Waals surface area contributed by atoms with Crippen LogP contribution in [-0.2, 0) is 6.54 Å². The lowest BCUT2D eigenvalue weighted by atomic mass is 10.1. The highest BCUT2D eigenvalue weighted by Crippen LogP contribution is 2.29. The van der Waals surface area contributed by atoms with Crippen molar-refractivity contribution in [3.05, 3.63) is 64.1 Å². The number of nitrogens with zero attached hydrogens (tertiary/aromatic N) is 2. The molecule has 3 aromatic rings. The number of carbonyl (C=O) groups is 1. The van der Waals surface area contributed by atoms with E-state index in [1.165, 1.54) is 12.3 Å². The highest BCUT2D eigenvalue weighted by atomic mass is 35.5. The van der Waals surface area contributed by atoms with Crippen LogP contribution in [0.15, 0.2) is 47.1 Å². The number of ether oxygens (including phenoxy) is 1. The number of para-hydroxylation sites is 1. The van der Waals surface area contributed by atoms with E-state index in [1.807, 2.05) is 24.3 Å². The molecule has 0 aliphatic carbocycles. The maximum atomic E-state index is 12.2. The Labute approximate surface area is 153 Å². The zero-order valence-corrected chi connectivity index (χ0v) is 14.6. The lowest BCUT2D eigenvalue weighted by Crippen LogP contribution is -2.23. The summed E-state index contributed by atoms with van der Waals surface area (Å²) in [6.45, 7) is 0.143. The molecule has 0 radical (unpaired) electrons. The number of amides is 1. The third kappa shape index (κ3) is 3.92. The molecule has 8 heteroatoms. The van der Waals surface area contributed by atoms with E-state index < -0.39 is 5.91 Å². The van der Waals surface area contributed by atoms with Crippen LogP contribution in [0.5, 0.6) is 5.75 Å².